The highest BCUT2D eigenvalue weighted by Crippen LogP contribution is 2.24. The lowest BCUT2D eigenvalue weighted by atomic mass is 10.2. The Labute approximate surface area is 165 Å². The first-order valence-corrected chi connectivity index (χ1v) is 8.87. The van der Waals surface area contributed by atoms with Gasteiger partial charge in [0.15, 0.2) is 17.3 Å². The van der Waals surface area contributed by atoms with Crippen LogP contribution < -0.4 is 10.3 Å². The summed E-state index contributed by atoms with van der Waals surface area (Å²) in [7, 11) is 0. The predicted octanol–water partition coefficient (Wildman–Crippen LogP) is 3.27. The van der Waals surface area contributed by atoms with Crippen LogP contribution in [0.1, 0.15) is 11.4 Å². The van der Waals surface area contributed by atoms with Crippen LogP contribution in [0.15, 0.2) is 82.7 Å². The van der Waals surface area contributed by atoms with Crippen molar-refractivity contribution in [2.75, 3.05) is 0 Å². The molecule has 0 radical (unpaired) electrons. The van der Waals surface area contributed by atoms with E-state index in [2.05, 4.69) is 10.1 Å². The zero-order valence-electron chi connectivity index (χ0n) is 15.3. The molecule has 0 aliphatic rings. The highest BCUT2D eigenvalue weighted by molar-refractivity contribution is 5.81. The van der Waals surface area contributed by atoms with Crippen LogP contribution in [0.4, 0.5) is 0 Å². The monoisotopic (exact) mass is 387 g/mol. The Hall–Kier alpha value is -4.13. The molecule has 0 saturated heterocycles. The molecule has 0 atom stereocenters. The number of benzene rings is 3. The molecule has 7 heteroatoms. The fourth-order valence-corrected chi connectivity index (χ4v) is 2.79. The molecule has 4 rings (SSSR count). The van der Waals surface area contributed by atoms with E-state index in [1.54, 1.807) is 24.3 Å². The molecule has 7 nitrogen and oxygen atoms in total. The van der Waals surface area contributed by atoms with E-state index >= 15 is 0 Å². The first-order valence-electron chi connectivity index (χ1n) is 8.87. The number of nitrogens with zero attached hydrogens (tertiary/aromatic N) is 3. The predicted molar refractivity (Wildman–Crippen MR) is 110 cm³/mol. The van der Waals surface area contributed by atoms with Crippen molar-refractivity contribution in [3.8, 4) is 17.2 Å². The molecule has 144 valence electrons. The van der Waals surface area contributed by atoms with Gasteiger partial charge < -0.3 is 14.9 Å². The van der Waals surface area contributed by atoms with E-state index in [-0.39, 0.29) is 23.7 Å². The fraction of sp³-hybridized carbons (Fsp3) is 0.0455. The molecule has 0 bridgehead atoms. The Bertz CT molecular complexity index is 1250. The molecule has 3 aromatic carbocycles. The number of para-hydroxylation sites is 2. The third-order valence-corrected chi connectivity index (χ3v) is 4.25. The number of phenols is 2. The number of rotatable bonds is 5. The van der Waals surface area contributed by atoms with Gasteiger partial charge in [0.05, 0.1) is 17.1 Å². The molecule has 0 saturated carbocycles. The van der Waals surface area contributed by atoms with E-state index < -0.39 is 0 Å². The van der Waals surface area contributed by atoms with Gasteiger partial charge in [-0.25, -0.2) is 4.98 Å². The van der Waals surface area contributed by atoms with Gasteiger partial charge >= 0.3 is 0 Å². The molecule has 2 N–H and O–H groups in total. The summed E-state index contributed by atoms with van der Waals surface area (Å²) in [5, 5.41) is 23.8. The summed E-state index contributed by atoms with van der Waals surface area (Å²) >= 11 is 0. The summed E-state index contributed by atoms with van der Waals surface area (Å²) in [6.45, 7) is 0.0439. The maximum atomic E-state index is 13.0. The van der Waals surface area contributed by atoms with E-state index in [1.807, 2.05) is 36.4 Å². The standard InChI is InChI=1S/C22H17N3O4/c26-19-11-10-15(12-20(19)27)13-23-25-21(14-29-16-6-2-1-3-7-16)24-18-9-5-4-8-17(18)22(25)28/h1-13,26-27H,14H2. The van der Waals surface area contributed by atoms with Crippen molar-refractivity contribution in [2.24, 2.45) is 5.10 Å². The number of fused-ring (bicyclic) bond motifs is 1. The van der Waals surface area contributed by atoms with Gasteiger partial charge in [-0.3, -0.25) is 4.79 Å². The highest BCUT2D eigenvalue weighted by atomic mass is 16.5. The second kappa shape index (κ2) is 7.85. The molecule has 0 unspecified atom stereocenters. The van der Waals surface area contributed by atoms with Gasteiger partial charge in [-0.1, -0.05) is 30.3 Å². The molecule has 0 aliphatic heterocycles. The number of ether oxygens (including phenoxy) is 1. The van der Waals surface area contributed by atoms with Crippen LogP contribution in [0.2, 0.25) is 0 Å². The summed E-state index contributed by atoms with van der Waals surface area (Å²) in [4.78, 5) is 17.5. The van der Waals surface area contributed by atoms with E-state index in [4.69, 9.17) is 4.74 Å². The molecule has 0 fully saturated rings. The van der Waals surface area contributed by atoms with Gasteiger partial charge in [-0.2, -0.15) is 9.78 Å². The molecule has 0 amide bonds. The maximum absolute atomic E-state index is 13.0. The minimum absolute atomic E-state index is 0.0439. The number of hydrogen-bond donors (Lipinski definition) is 2. The lowest BCUT2D eigenvalue weighted by Gasteiger charge is -2.10. The van der Waals surface area contributed by atoms with Crippen molar-refractivity contribution in [3.63, 3.8) is 0 Å². The van der Waals surface area contributed by atoms with Crippen LogP contribution >= 0.6 is 0 Å². The smallest absolute Gasteiger partial charge is 0.282 e. The minimum atomic E-state index is -0.332. The maximum Gasteiger partial charge on any atom is 0.282 e. The molecule has 1 aromatic heterocycles. The first kappa shape index (κ1) is 18.2. The SMILES string of the molecule is O=c1c2ccccc2nc(COc2ccccc2)n1N=Cc1ccc(O)c(O)c1. The van der Waals surface area contributed by atoms with Crippen molar-refractivity contribution in [2.45, 2.75) is 6.61 Å². The topological polar surface area (TPSA) is 96.9 Å². The Balaban J connectivity index is 1.75. The van der Waals surface area contributed by atoms with Gasteiger partial charge in [-0.05, 0) is 48.0 Å². The second-order valence-electron chi connectivity index (χ2n) is 6.26. The summed E-state index contributed by atoms with van der Waals surface area (Å²) in [6.07, 6.45) is 1.41. The fourth-order valence-electron chi connectivity index (χ4n) is 2.79. The summed E-state index contributed by atoms with van der Waals surface area (Å²) < 4.78 is 6.93. The highest BCUT2D eigenvalue weighted by Gasteiger charge is 2.11. The van der Waals surface area contributed by atoms with Crippen LogP contribution in [0.25, 0.3) is 10.9 Å². The Morgan fingerprint density at radius 2 is 1.72 bits per heavy atom. The lowest BCUT2D eigenvalue weighted by molar-refractivity contribution is 0.289. The normalized spacial score (nSPS) is 11.2. The number of hydrogen-bond acceptors (Lipinski definition) is 6. The van der Waals surface area contributed by atoms with E-state index in [9.17, 15) is 15.0 Å². The quantitative estimate of drug-likeness (QED) is 0.405. The van der Waals surface area contributed by atoms with Crippen molar-refractivity contribution >= 4 is 17.1 Å². The Morgan fingerprint density at radius 3 is 2.52 bits per heavy atom. The van der Waals surface area contributed by atoms with Crippen molar-refractivity contribution in [1.29, 1.82) is 0 Å². The van der Waals surface area contributed by atoms with Crippen LogP contribution in [-0.4, -0.2) is 26.1 Å². The van der Waals surface area contributed by atoms with Gasteiger partial charge in [0.25, 0.3) is 5.56 Å². The molecule has 29 heavy (non-hydrogen) atoms. The third-order valence-electron chi connectivity index (χ3n) is 4.25. The zero-order valence-corrected chi connectivity index (χ0v) is 15.3. The van der Waals surface area contributed by atoms with Crippen LogP contribution in [-0.2, 0) is 6.61 Å². The second-order valence-corrected chi connectivity index (χ2v) is 6.26. The first-order chi connectivity index (χ1) is 14.1. The number of phenolic OH excluding ortho intramolecular Hbond substituents is 2. The summed E-state index contributed by atoms with van der Waals surface area (Å²) in [5.41, 5.74) is 0.731. The molecule has 1 heterocycles. The van der Waals surface area contributed by atoms with Crippen molar-refractivity contribution in [1.82, 2.24) is 9.66 Å². The number of aromatic hydroxyl groups is 2. The van der Waals surface area contributed by atoms with Crippen LogP contribution in [0.5, 0.6) is 17.2 Å². The molecular weight excluding hydrogens is 370 g/mol. The van der Waals surface area contributed by atoms with E-state index in [1.165, 1.54) is 23.0 Å². The van der Waals surface area contributed by atoms with E-state index in [0.717, 1.165) is 0 Å². The third kappa shape index (κ3) is 3.93. The lowest BCUT2D eigenvalue weighted by Crippen LogP contribution is -2.23. The average molecular weight is 387 g/mol. The zero-order chi connectivity index (χ0) is 20.2. The molecular formula is C22H17N3O4. The van der Waals surface area contributed by atoms with Crippen LogP contribution in [0.3, 0.4) is 0 Å². The molecule has 0 aliphatic carbocycles. The van der Waals surface area contributed by atoms with Crippen molar-refractivity contribution in [3.05, 3.63) is 94.5 Å². The summed E-state index contributed by atoms with van der Waals surface area (Å²) in [6, 6.07) is 20.5. The Morgan fingerprint density at radius 1 is 0.966 bits per heavy atom. The van der Waals surface area contributed by atoms with E-state index in [0.29, 0.717) is 28.0 Å². The van der Waals surface area contributed by atoms with Gasteiger partial charge in [0, 0.05) is 0 Å². The number of aromatic nitrogens is 2. The van der Waals surface area contributed by atoms with Crippen molar-refractivity contribution < 1.29 is 14.9 Å². The van der Waals surface area contributed by atoms with Gasteiger partial charge in [-0.15, -0.1) is 0 Å². The minimum Gasteiger partial charge on any atom is -0.504 e. The Kier molecular flexibility index (Phi) is 4.94. The molecule has 4 aromatic rings. The average Bonchev–Trinajstić information content (AvgIpc) is 2.75. The van der Waals surface area contributed by atoms with Crippen LogP contribution in [0, 0.1) is 0 Å². The van der Waals surface area contributed by atoms with Gasteiger partial charge in [0.1, 0.15) is 12.4 Å². The summed E-state index contributed by atoms with van der Waals surface area (Å²) in [5.74, 6) is 0.472. The van der Waals surface area contributed by atoms with Gasteiger partial charge in [0.2, 0.25) is 0 Å². The largest absolute Gasteiger partial charge is 0.504 e. The molecule has 0 spiro atoms.